The van der Waals surface area contributed by atoms with Crippen molar-refractivity contribution in [2.75, 3.05) is 11.9 Å². The van der Waals surface area contributed by atoms with E-state index in [1.807, 2.05) is 6.07 Å². The molecule has 7 heteroatoms. The van der Waals surface area contributed by atoms with Crippen molar-refractivity contribution in [1.82, 2.24) is 5.32 Å². The molecule has 2 aliphatic rings. The van der Waals surface area contributed by atoms with Crippen molar-refractivity contribution in [3.8, 4) is 12.3 Å². The van der Waals surface area contributed by atoms with Gasteiger partial charge in [0.05, 0.1) is 5.92 Å². The Morgan fingerprint density at radius 3 is 2.70 bits per heavy atom. The number of terminal acetylenes is 1. The van der Waals surface area contributed by atoms with Crippen LogP contribution in [0, 0.1) is 18.3 Å². The lowest BCUT2D eigenvalue weighted by atomic mass is 9.79. The Morgan fingerprint density at radius 2 is 2.00 bits per heavy atom. The summed E-state index contributed by atoms with van der Waals surface area (Å²) in [4.78, 5) is 24.3. The molecule has 4 rings (SSSR count). The van der Waals surface area contributed by atoms with E-state index in [1.54, 1.807) is 36.4 Å². The smallest absolute Gasteiger partial charge is 0.229 e. The second-order valence-electron chi connectivity index (χ2n) is 8.14. The molecule has 1 aliphatic carbocycles. The molecule has 2 N–H and O–H groups in total. The third-order valence-electron chi connectivity index (χ3n) is 5.93. The van der Waals surface area contributed by atoms with Crippen LogP contribution in [0.1, 0.15) is 30.4 Å². The van der Waals surface area contributed by atoms with Gasteiger partial charge in [0.15, 0.2) is 5.67 Å². The molecule has 1 heterocycles. The topological polar surface area (TPSA) is 58.2 Å². The molecule has 0 aromatic heterocycles. The minimum absolute atomic E-state index is 0.0344. The molecule has 168 valence electrons. The minimum atomic E-state index is -1.94. The van der Waals surface area contributed by atoms with E-state index in [0.29, 0.717) is 27.6 Å². The summed E-state index contributed by atoms with van der Waals surface area (Å²) < 4.78 is 16.5. The highest BCUT2D eigenvalue weighted by atomic mass is 35.5. The number of hydrogen-bond acceptors (Lipinski definition) is 2. The van der Waals surface area contributed by atoms with E-state index in [2.05, 4.69) is 16.6 Å². The predicted octanol–water partition coefficient (Wildman–Crippen LogP) is 5.67. The minimum Gasteiger partial charge on any atom is -0.355 e. The van der Waals surface area contributed by atoms with E-state index in [0.717, 1.165) is 5.56 Å². The summed E-state index contributed by atoms with van der Waals surface area (Å²) in [6, 6.07) is 11.8. The first-order valence-electron chi connectivity index (χ1n) is 10.5. The summed E-state index contributed by atoms with van der Waals surface area (Å²) in [6.45, 7) is 0.244. The number of carbonyl (C=O) groups is 2. The molecule has 1 unspecified atom stereocenters. The predicted molar refractivity (Wildman–Crippen MR) is 130 cm³/mol. The molecule has 1 saturated heterocycles. The zero-order valence-electron chi connectivity index (χ0n) is 17.6. The van der Waals surface area contributed by atoms with Gasteiger partial charge in [0.1, 0.15) is 0 Å². The maximum Gasteiger partial charge on any atom is 0.229 e. The number of benzene rings is 2. The Labute approximate surface area is 201 Å². The van der Waals surface area contributed by atoms with Gasteiger partial charge in [-0.3, -0.25) is 9.59 Å². The van der Waals surface area contributed by atoms with Crippen molar-refractivity contribution >= 4 is 46.3 Å². The molecule has 1 fully saturated rings. The highest BCUT2D eigenvalue weighted by molar-refractivity contribution is 6.31. The average Bonchev–Trinajstić information content (AvgIpc) is 2.79. The first-order valence-corrected chi connectivity index (χ1v) is 11.3. The zero-order valence-corrected chi connectivity index (χ0v) is 19.1. The van der Waals surface area contributed by atoms with Gasteiger partial charge in [-0.05, 0) is 54.0 Å². The highest BCUT2D eigenvalue weighted by Gasteiger charge is 2.37. The van der Waals surface area contributed by atoms with Crippen molar-refractivity contribution < 1.29 is 14.0 Å². The second-order valence-corrected chi connectivity index (χ2v) is 9.01. The standard InChI is InChI=1S/C26H21Cl2FN2O2/c1-2-16-10-11-26(29,14-21(16)17-4-3-5-19(27)12-17)22-8-7-20(28)13-23(22)31-25(33)18-6-9-24(32)30-15-18/h1,3-5,7-8,10-13,18H,6,9,14-15H2,(H,30,32)(H,31,33)/t18-,26?/m0/s1. The number of alkyl halides is 1. The van der Waals surface area contributed by atoms with Crippen molar-refractivity contribution in [3.63, 3.8) is 0 Å². The van der Waals surface area contributed by atoms with Gasteiger partial charge in [-0.15, -0.1) is 6.42 Å². The van der Waals surface area contributed by atoms with E-state index in [-0.39, 0.29) is 42.5 Å². The SMILES string of the molecule is C#CC1=C(c2cccc(Cl)c2)CC(F)(c2ccc(Cl)cc2NC(=O)[C@H]2CCC(=O)NC2)C=C1. The van der Waals surface area contributed by atoms with E-state index in [1.165, 1.54) is 12.1 Å². The van der Waals surface area contributed by atoms with E-state index in [4.69, 9.17) is 29.6 Å². The van der Waals surface area contributed by atoms with Crippen molar-refractivity contribution in [1.29, 1.82) is 0 Å². The number of rotatable bonds is 4. The van der Waals surface area contributed by atoms with Gasteiger partial charge in [0.2, 0.25) is 11.8 Å². The molecule has 0 spiro atoms. The highest BCUT2D eigenvalue weighted by Crippen LogP contribution is 2.45. The first-order chi connectivity index (χ1) is 15.8. The molecular weight excluding hydrogens is 462 g/mol. The maximum absolute atomic E-state index is 16.5. The van der Waals surface area contributed by atoms with Crippen LogP contribution in [-0.2, 0) is 15.3 Å². The van der Waals surface area contributed by atoms with E-state index in [9.17, 15) is 9.59 Å². The molecule has 0 saturated carbocycles. The summed E-state index contributed by atoms with van der Waals surface area (Å²) >= 11 is 12.3. The number of anilines is 1. The average molecular weight is 483 g/mol. The normalized spacial score (nSPS) is 22.5. The number of allylic oxidation sites excluding steroid dienone is 4. The Morgan fingerprint density at radius 1 is 1.21 bits per heavy atom. The number of amides is 2. The Balaban J connectivity index is 1.67. The summed E-state index contributed by atoms with van der Waals surface area (Å²) in [5.41, 5.74) is 0.569. The van der Waals surface area contributed by atoms with E-state index >= 15 is 4.39 Å². The van der Waals surface area contributed by atoms with Crippen molar-refractivity contribution in [2.45, 2.75) is 24.9 Å². The monoisotopic (exact) mass is 482 g/mol. The number of hydrogen-bond donors (Lipinski definition) is 2. The van der Waals surface area contributed by atoms with Gasteiger partial charge < -0.3 is 10.6 Å². The van der Waals surface area contributed by atoms with E-state index < -0.39 is 11.6 Å². The Bertz CT molecular complexity index is 1220. The summed E-state index contributed by atoms with van der Waals surface area (Å²) in [5.74, 6) is 1.84. The molecule has 0 bridgehead atoms. The maximum atomic E-state index is 16.5. The largest absolute Gasteiger partial charge is 0.355 e. The summed E-state index contributed by atoms with van der Waals surface area (Å²) in [5, 5.41) is 6.40. The van der Waals surface area contributed by atoms with Crippen LogP contribution >= 0.6 is 23.2 Å². The zero-order chi connectivity index (χ0) is 23.6. The Hall–Kier alpha value is -3.07. The lowest BCUT2D eigenvalue weighted by Crippen LogP contribution is -2.40. The third kappa shape index (κ3) is 4.98. The second kappa shape index (κ2) is 9.43. The fourth-order valence-corrected chi connectivity index (χ4v) is 4.52. The molecule has 2 aromatic carbocycles. The first kappa shape index (κ1) is 23.1. The van der Waals surface area contributed by atoms with Crippen LogP contribution < -0.4 is 10.6 Å². The molecule has 33 heavy (non-hydrogen) atoms. The lowest BCUT2D eigenvalue weighted by molar-refractivity contribution is -0.126. The van der Waals surface area contributed by atoms with Crippen molar-refractivity contribution in [3.05, 3.63) is 81.4 Å². The fourth-order valence-electron chi connectivity index (χ4n) is 4.16. The van der Waals surface area contributed by atoms with Crippen LogP contribution in [-0.4, -0.2) is 18.4 Å². The third-order valence-corrected chi connectivity index (χ3v) is 6.40. The molecule has 0 radical (unpaired) electrons. The molecule has 4 nitrogen and oxygen atoms in total. The molecule has 1 aliphatic heterocycles. The quantitative estimate of drug-likeness (QED) is 0.551. The van der Waals surface area contributed by atoms with Crippen molar-refractivity contribution in [2.24, 2.45) is 5.92 Å². The fraction of sp³-hybridized carbons (Fsp3) is 0.231. The number of piperidine rings is 1. The van der Waals surface area contributed by atoms with Gasteiger partial charge in [-0.25, -0.2) is 4.39 Å². The van der Waals surface area contributed by atoms with Gasteiger partial charge in [-0.1, -0.05) is 47.3 Å². The number of halogens is 3. The van der Waals surface area contributed by atoms with Crippen LogP contribution in [0.5, 0.6) is 0 Å². The summed E-state index contributed by atoms with van der Waals surface area (Å²) in [6.07, 6.45) is 9.35. The Kier molecular flexibility index (Phi) is 6.60. The van der Waals surface area contributed by atoms with Gasteiger partial charge in [0.25, 0.3) is 0 Å². The molecular formula is C26H21Cl2FN2O2. The number of carbonyl (C=O) groups excluding carboxylic acids is 2. The van der Waals surface area contributed by atoms with Crippen LogP contribution in [0.2, 0.25) is 10.0 Å². The number of nitrogens with one attached hydrogen (secondary N) is 2. The molecule has 2 aromatic rings. The van der Waals surface area contributed by atoms with Crippen LogP contribution in [0.4, 0.5) is 10.1 Å². The van der Waals surface area contributed by atoms with Crippen LogP contribution in [0.15, 0.2) is 60.2 Å². The van der Waals surface area contributed by atoms with Gasteiger partial charge >= 0.3 is 0 Å². The van der Waals surface area contributed by atoms with Gasteiger partial charge in [0, 0.05) is 46.3 Å². The van der Waals surface area contributed by atoms with Gasteiger partial charge in [-0.2, -0.15) is 0 Å². The van der Waals surface area contributed by atoms with Crippen LogP contribution in [0.25, 0.3) is 5.57 Å². The molecule has 2 atom stereocenters. The molecule has 2 amide bonds. The lowest BCUT2D eigenvalue weighted by Gasteiger charge is -2.30. The van der Waals surface area contributed by atoms with Crippen LogP contribution in [0.3, 0.4) is 0 Å². The summed E-state index contributed by atoms with van der Waals surface area (Å²) in [7, 11) is 0.